The topological polar surface area (TPSA) is 33.5 Å². The Morgan fingerprint density at radius 2 is 2.42 bits per heavy atom. The molecule has 0 saturated carbocycles. The van der Waals surface area contributed by atoms with E-state index in [1.807, 2.05) is 6.07 Å². The molecule has 1 amide bonds. The minimum atomic E-state index is -0.00639. The van der Waals surface area contributed by atoms with Crippen LogP contribution >= 0.6 is 0 Å². The van der Waals surface area contributed by atoms with Crippen molar-refractivity contribution in [2.45, 2.75) is 12.8 Å². The van der Waals surface area contributed by atoms with Crippen molar-refractivity contribution in [1.29, 1.82) is 0 Å². The van der Waals surface area contributed by atoms with Gasteiger partial charge in [0.2, 0.25) is 0 Å². The van der Waals surface area contributed by atoms with E-state index in [4.69, 9.17) is 4.42 Å². The number of amides is 1. The molecule has 0 fully saturated rings. The van der Waals surface area contributed by atoms with Gasteiger partial charge in [-0.3, -0.25) is 4.79 Å². The number of hydrogen-bond donors (Lipinski definition) is 0. The number of fused-ring (bicyclic) bond motifs is 1. The maximum Gasteiger partial charge on any atom is 0.289 e. The summed E-state index contributed by atoms with van der Waals surface area (Å²) in [4.78, 5) is 13.1. The van der Waals surface area contributed by atoms with Crippen LogP contribution in [-0.4, -0.2) is 24.4 Å². The van der Waals surface area contributed by atoms with Crippen molar-refractivity contribution in [3.8, 4) is 0 Å². The molecule has 3 heteroatoms. The quantitative estimate of drug-likeness (QED) is 0.583. The molecule has 0 aromatic carbocycles. The van der Waals surface area contributed by atoms with Crippen LogP contribution in [0.5, 0.6) is 0 Å². The Morgan fingerprint density at radius 1 is 1.67 bits per heavy atom. The Balaban J connectivity index is 2.50. The van der Waals surface area contributed by atoms with Crippen molar-refractivity contribution in [2.24, 2.45) is 0 Å². The lowest BCUT2D eigenvalue weighted by Crippen LogP contribution is -2.35. The standard InChI is InChI=1S/C9H11NO2/c1-6-5-10(2)9(11)8-7(6)3-4-12-8/h3-4,6H,5H2,1-2H3. The van der Waals surface area contributed by atoms with E-state index in [-0.39, 0.29) is 5.91 Å². The van der Waals surface area contributed by atoms with Gasteiger partial charge in [-0.2, -0.15) is 0 Å². The molecule has 2 heterocycles. The first-order valence-electron chi connectivity index (χ1n) is 4.03. The van der Waals surface area contributed by atoms with E-state index < -0.39 is 0 Å². The van der Waals surface area contributed by atoms with E-state index in [0.29, 0.717) is 11.7 Å². The molecule has 0 bridgehead atoms. The second-order valence-corrected chi connectivity index (χ2v) is 3.29. The number of furan rings is 1. The smallest absolute Gasteiger partial charge is 0.289 e. The van der Waals surface area contributed by atoms with Crippen LogP contribution in [0.3, 0.4) is 0 Å². The van der Waals surface area contributed by atoms with Gasteiger partial charge in [0.25, 0.3) is 5.91 Å². The van der Waals surface area contributed by atoms with Crippen molar-refractivity contribution >= 4 is 5.91 Å². The summed E-state index contributed by atoms with van der Waals surface area (Å²) in [5.74, 6) is 0.894. The first-order valence-corrected chi connectivity index (χ1v) is 4.03. The first-order chi connectivity index (χ1) is 5.70. The third-order valence-electron chi connectivity index (χ3n) is 2.32. The summed E-state index contributed by atoms with van der Waals surface area (Å²) in [5, 5.41) is 0. The number of likely N-dealkylation sites (N-methyl/N-ethyl adjacent to an activating group) is 1. The van der Waals surface area contributed by atoms with Crippen molar-refractivity contribution in [3.63, 3.8) is 0 Å². The maximum atomic E-state index is 11.5. The molecule has 64 valence electrons. The van der Waals surface area contributed by atoms with Crippen LogP contribution in [0.4, 0.5) is 0 Å². The van der Waals surface area contributed by atoms with Crippen molar-refractivity contribution in [1.82, 2.24) is 4.90 Å². The van der Waals surface area contributed by atoms with Crippen molar-refractivity contribution in [2.75, 3.05) is 13.6 Å². The van der Waals surface area contributed by atoms with Gasteiger partial charge in [-0.15, -0.1) is 0 Å². The van der Waals surface area contributed by atoms with E-state index in [0.717, 1.165) is 12.1 Å². The predicted molar refractivity (Wildman–Crippen MR) is 44.1 cm³/mol. The second-order valence-electron chi connectivity index (χ2n) is 3.29. The summed E-state index contributed by atoms with van der Waals surface area (Å²) >= 11 is 0. The lowest BCUT2D eigenvalue weighted by atomic mass is 9.97. The predicted octanol–water partition coefficient (Wildman–Crippen LogP) is 1.47. The number of nitrogens with zero attached hydrogens (tertiary/aromatic N) is 1. The summed E-state index contributed by atoms with van der Waals surface area (Å²) in [6.07, 6.45) is 1.58. The molecule has 1 atom stereocenters. The normalized spacial score (nSPS) is 22.7. The molecule has 1 aromatic heterocycles. The van der Waals surface area contributed by atoms with Crippen LogP contribution in [-0.2, 0) is 0 Å². The van der Waals surface area contributed by atoms with E-state index in [2.05, 4.69) is 6.92 Å². The minimum Gasteiger partial charge on any atom is -0.459 e. The van der Waals surface area contributed by atoms with Gasteiger partial charge < -0.3 is 9.32 Å². The summed E-state index contributed by atoms with van der Waals surface area (Å²) in [7, 11) is 1.80. The average Bonchev–Trinajstić information content (AvgIpc) is 2.48. The van der Waals surface area contributed by atoms with Gasteiger partial charge in [-0.1, -0.05) is 6.92 Å². The molecule has 0 radical (unpaired) electrons. The molecule has 0 aliphatic carbocycles. The van der Waals surface area contributed by atoms with Gasteiger partial charge in [0.1, 0.15) is 0 Å². The fourth-order valence-corrected chi connectivity index (χ4v) is 1.65. The fourth-order valence-electron chi connectivity index (χ4n) is 1.65. The van der Waals surface area contributed by atoms with Crippen LogP contribution in [0.1, 0.15) is 29.0 Å². The molecule has 0 saturated heterocycles. The molecule has 1 aromatic rings. The van der Waals surface area contributed by atoms with Gasteiger partial charge in [0.15, 0.2) is 5.76 Å². The summed E-state index contributed by atoms with van der Waals surface area (Å²) < 4.78 is 5.12. The Morgan fingerprint density at radius 3 is 3.17 bits per heavy atom. The molecular weight excluding hydrogens is 154 g/mol. The highest BCUT2D eigenvalue weighted by atomic mass is 16.3. The number of hydrogen-bond acceptors (Lipinski definition) is 2. The van der Waals surface area contributed by atoms with Gasteiger partial charge in [0, 0.05) is 25.1 Å². The monoisotopic (exact) mass is 165 g/mol. The van der Waals surface area contributed by atoms with Crippen LogP contribution < -0.4 is 0 Å². The summed E-state index contributed by atoms with van der Waals surface area (Å²) in [6, 6.07) is 1.88. The van der Waals surface area contributed by atoms with Gasteiger partial charge >= 0.3 is 0 Å². The summed E-state index contributed by atoms with van der Waals surface area (Å²) in [5.41, 5.74) is 1.04. The molecule has 0 N–H and O–H groups in total. The van der Waals surface area contributed by atoms with Gasteiger partial charge in [-0.05, 0) is 6.07 Å². The highest BCUT2D eigenvalue weighted by Gasteiger charge is 2.29. The molecule has 1 aliphatic rings. The van der Waals surface area contributed by atoms with E-state index >= 15 is 0 Å². The van der Waals surface area contributed by atoms with Gasteiger partial charge in [0.05, 0.1) is 6.26 Å². The zero-order chi connectivity index (χ0) is 8.72. The van der Waals surface area contributed by atoms with Crippen molar-refractivity contribution in [3.05, 3.63) is 23.7 Å². The molecular formula is C9H11NO2. The Kier molecular flexibility index (Phi) is 1.46. The Labute approximate surface area is 71.0 Å². The van der Waals surface area contributed by atoms with Crippen LogP contribution in [0.25, 0.3) is 0 Å². The summed E-state index contributed by atoms with van der Waals surface area (Å²) in [6.45, 7) is 2.88. The lowest BCUT2D eigenvalue weighted by molar-refractivity contribution is 0.0733. The zero-order valence-corrected chi connectivity index (χ0v) is 7.20. The fraction of sp³-hybridized carbons (Fsp3) is 0.444. The van der Waals surface area contributed by atoms with Gasteiger partial charge in [-0.25, -0.2) is 0 Å². The first kappa shape index (κ1) is 7.40. The molecule has 1 aliphatic heterocycles. The average molecular weight is 165 g/mol. The molecule has 12 heavy (non-hydrogen) atoms. The largest absolute Gasteiger partial charge is 0.459 e. The highest BCUT2D eigenvalue weighted by molar-refractivity contribution is 5.94. The highest BCUT2D eigenvalue weighted by Crippen LogP contribution is 2.27. The minimum absolute atomic E-state index is 0.00639. The number of rotatable bonds is 0. The van der Waals surface area contributed by atoms with E-state index in [1.165, 1.54) is 0 Å². The maximum absolute atomic E-state index is 11.5. The molecule has 1 unspecified atom stereocenters. The zero-order valence-electron chi connectivity index (χ0n) is 7.20. The second kappa shape index (κ2) is 2.37. The van der Waals surface area contributed by atoms with Crippen LogP contribution in [0.15, 0.2) is 16.7 Å². The molecule has 0 spiro atoms. The SMILES string of the molecule is CC1CN(C)C(=O)c2occc21. The molecule has 2 rings (SSSR count). The Bertz CT molecular complexity index is 316. The van der Waals surface area contributed by atoms with E-state index in [1.54, 1.807) is 18.2 Å². The molecule has 3 nitrogen and oxygen atoms in total. The Hall–Kier alpha value is -1.25. The number of carbonyl (C=O) groups excluding carboxylic acids is 1. The lowest BCUT2D eigenvalue weighted by Gasteiger charge is -2.26. The third kappa shape index (κ3) is 0.858. The van der Waals surface area contributed by atoms with Crippen LogP contribution in [0, 0.1) is 0 Å². The van der Waals surface area contributed by atoms with Crippen LogP contribution in [0.2, 0.25) is 0 Å². The van der Waals surface area contributed by atoms with Crippen molar-refractivity contribution < 1.29 is 9.21 Å². The number of carbonyl (C=O) groups is 1. The third-order valence-corrected chi connectivity index (χ3v) is 2.32. The van der Waals surface area contributed by atoms with E-state index in [9.17, 15) is 4.79 Å².